The Labute approximate surface area is 134 Å². The van der Waals surface area contributed by atoms with Crippen LogP contribution in [0, 0.1) is 5.82 Å². The van der Waals surface area contributed by atoms with Crippen LogP contribution < -0.4 is 10.1 Å². The maximum Gasteiger partial charge on any atom is 0.262 e. The zero-order chi connectivity index (χ0) is 15.0. The van der Waals surface area contributed by atoms with E-state index in [0.717, 1.165) is 0 Å². The maximum absolute atomic E-state index is 14.0. The molecule has 0 saturated heterocycles. The quantitative estimate of drug-likeness (QED) is 0.803. The molecule has 3 nitrogen and oxygen atoms in total. The number of anilines is 1. The van der Waals surface area contributed by atoms with Gasteiger partial charge in [-0.05, 0) is 29.8 Å². The number of hydrogen-bond acceptors (Lipinski definition) is 2. The lowest BCUT2D eigenvalue weighted by molar-refractivity contribution is -0.118. The molecule has 0 bridgehead atoms. The van der Waals surface area contributed by atoms with Crippen molar-refractivity contribution in [1.29, 1.82) is 0 Å². The van der Waals surface area contributed by atoms with Crippen LogP contribution in [0.1, 0.15) is 16.5 Å². The molecule has 6 heteroatoms. The highest BCUT2D eigenvalue weighted by Gasteiger charge is 2.20. The SMILES string of the molecule is O=C1COc2ccc(C(Cl)c3ccc(Br)cc3F)cc2N1. The number of alkyl halides is 1. The summed E-state index contributed by atoms with van der Waals surface area (Å²) in [6.45, 7) is -0.00199. The number of ether oxygens (including phenoxy) is 1. The first-order valence-corrected chi connectivity index (χ1v) is 7.43. The Kier molecular flexibility index (Phi) is 3.87. The molecule has 1 amide bonds. The summed E-state index contributed by atoms with van der Waals surface area (Å²) in [4.78, 5) is 11.3. The number of fused-ring (bicyclic) bond motifs is 1. The van der Waals surface area contributed by atoms with Gasteiger partial charge in [-0.1, -0.05) is 28.1 Å². The van der Waals surface area contributed by atoms with Crippen LogP contribution in [0.5, 0.6) is 5.75 Å². The number of halogens is 3. The van der Waals surface area contributed by atoms with E-state index in [9.17, 15) is 9.18 Å². The third kappa shape index (κ3) is 2.89. The van der Waals surface area contributed by atoms with Crippen LogP contribution in [0.4, 0.5) is 10.1 Å². The van der Waals surface area contributed by atoms with E-state index < -0.39 is 5.38 Å². The van der Waals surface area contributed by atoms with Crippen molar-refractivity contribution in [3.8, 4) is 5.75 Å². The molecular formula is C15H10BrClFNO2. The van der Waals surface area contributed by atoms with Crippen LogP contribution in [0.2, 0.25) is 0 Å². The second-order valence-corrected chi connectivity index (χ2v) is 5.97. The monoisotopic (exact) mass is 369 g/mol. The van der Waals surface area contributed by atoms with Crippen molar-refractivity contribution < 1.29 is 13.9 Å². The Bertz CT molecular complexity index is 723. The van der Waals surface area contributed by atoms with Gasteiger partial charge in [-0.2, -0.15) is 0 Å². The molecule has 0 aliphatic carbocycles. The minimum atomic E-state index is -0.651. The van der Waals surface area contributed by atoms with E-state index in [1.807, 2.05) is 0 Å². The second-order valence-electron chi connectivity index (χ2n) is 4.62. The van der Waals surface area contributed by atoms with Gasteiger partial charge in [0.15, 0.2) is 6.61 Å². The van der Waals surface area contributed by atoms with E-state index in [-0.39, 0.29) is 18.3 Å². The van der Waals surface area contributed by atoms with Gasteiger partial charge in [0.2, 0.25) is 0 Å². The lowest BCUT2D eigenvalue weighted by atomic mass is 10.0. The van der Waals surface area contributed by atoms with Crippen molar-refractivity contribution in [2.75, 3.05) is 11.9 Å². The van der Waals surface area contributed by atoms with Gasteiger partial charge in [0.25, 0.3) is 5.91 Å². The summed E-state index contributed by atoms with van der Waals surface area (Å²) >= 11 is 9.57. The van der Waals surface area contributed by atoms with Crippen LogP contribution in [0.15, 0.2) is 40.9 Å². The molecule has 1 aliphatic rings. The van der Waals surface area contributed by atoms with Gasteiger partial charge in [0, 0.05) is 10.0 Å². The molecule has 0 saturated carbocycles. The number of carbonyl (C=O) groups is 1. The van der Waals surface area contributed by atoms with Crippen molar-refractivity contribution in [2.45, 2.75) is 5.38 Å². The van der Waals surface area contributed by atoms with Crippen LogP contribution in [0.25, 0.3) is 0 Å². The summed E-state index contributed by atoms with van der Waals surface area (Å²) < 4.78 is 19.9. The summed E-state index contributed by atoms with van der Waals surface area (Å²) in [7, 11) is 0. The maximum atomic E-state index is 14.0. The predicted molar refractivity (Wildman–Crippen MR) is 82.4 cm³/mol. The van der Waals surface area contributed by atoms with Crippen molar-refractivity contribution in [1.82, 2.24) is 0 Å². The molecule has 1 atom stereocenters. The third-order valence-corrected chi connectivity index (χ3v) is 4.15. The first-order chi connectivity index (χ1) is 10.0. The molecule has 0 fully saturated rings. The molecule has 0 aromatic heterocycles. The van der Waals surface area contributed by atoms with Crippen LogP contribution in [0.3, 0.4) is 0 Å². The highest BCUT2D eigenvalue weighted by atomic mass is 79.9. The van der Waals surface area contributed by atoms with Gasteiger partial charge in [-0.25, -0.2) is 4.39 Å². The number of rotatable bonds is 2. The number of amides is 1. The first kappa shape index (κ1) is 14.4. The van der Waals surface area contributed by atoms with Gasteiger partial charge in [-0.15, -0.1) is 11.6 Å². The Morgan fingerprint density at radius 3 is 2.86 bits per heavy atom. The van der Waals surface area contributed by atoms with Crippen molar-refractivity contribution >= 4 is 39.1 Å². The Morgan fingerprint density at radius 2 is 2.10 bits per heavy atom. The summed E-state index contributed by atoms with van der Waals surface area (Å²) in [5.74, 6) is -0.0264. The van der Waals surface area contributed by atoms with E-state index in [1.54, 1.807) is 30.3 Å². The normalized spacial score (nSPS) is 14.9. The predicted octanol–water partition coefficient (Wildman–Crippen LogP) is 4.25. The zero-order valence-electron chi connectivity index (χ0n) is 10.7. The van der Waals surface area contributed by atoms with Gasteiger partial charge in [-0.3, -0.25) is 4.79 Å². The molecule has 2 aromatic rings. The van der Waals surface area contributed by atoms with Crippen LogP contribution >= 0.6 is 27.5 Å². The van der Waals surface area contributed by atoms with Gasteiger partial charge in [0.05, 0.1) is 11.1 Å². The number of nitrogens with one attached hydrogen (secondary N) is 1. The largest absolute Gasteiger partial charge is 0.482 e. The highest BCUT2D eigenvalue weighted by Crippen LogP contribution is 2.36. The fourth-order valence-corrected chi connectivity index (χ4v) is 2.79. The summed E-state index contributed by atoms with van der Waals surface area (Å²) in [6.07, 6.45) is 0. The molecule has 0 radical (unpaired) electrons. The topological polar surface area (TPSA) is 38.3 Å². The molecule has 0 spiro atoms. The van der Waals surface area contributed by atoms with E-state index in [1.165, 1.54) is 6.07 Å². The van der Waals surface area contributed by atoms with Crippen molar-refractivity contribution in [3.05, 3.63) is 57.8 Å². The summed E-state index contributed by atoms with van der Waals surface area (Å²) in [5, 5.41) is 2.06. The summed E-state index contributed by atoms with van der Waals surface area (Å²) in [6, 6.07) is 9.91. The lowest BCUT2D eigenvalue weighted by Crippen LogP contribution is -2.25. The van der Waals surface area contributed by atoms with Gasteiger partial charge < -0.3 is 10.1 Å². The molecule has 1 unspecified atom stereocenters. The van der Waals surface area contributed by atoms with Crippen molar-refractivity contribution in [3.63, 3.8) is 0 Å². The molecular weight excluding hydrogens is 361 g/mol. The van der Waals surface area contributed by atoms with E-state index >= 15 is 0 Å². The number of benzene rings is 2. The molecule has 21 heavy (non-hydrogen) atoms. The van der Waals surface area contributed by atoms with E-state index in [0.29, 0.717) is 27.0 Å². The Balaban J connectivity index is 1.96. The average Bonchev–Trinajstić information content (AvgIpc) is 2.46. The first-order valence-electron chi connectivity index (χ1n) is 6.20. The minimum absolute atomic E-state index is 0.00199. The fraction of sp³-hybridized carbons (Fsp3) is 0.133. The third-order valence-electron chi connectivity index (χ3n) is 3.16. The lowest BCUT2D eigenvalue weighted by Gasteiger charge is -2.20. The van der Waals surface area contributed by atoms with Crippen molar-refractivity contribution in [2.24, 2.45) is 0 Å². The smallest absolute Gasteiger partial charge is 0.262 e. The molecule has 1 heterocycles. The van der Waals surface area contributed by atoms with Gasteiger partial charge in [0.1, 0.15) is 11.6 Å². The van der Waals surface area contributed by atoms with E-state index in [4.69, 9.17) is 16.3 Å². The molecule has 3 rings (SSSR count). The molecule has 108 valence electrons. The molecule has 1 aliphatic heterocycles. The number of carbonyl (C=O) groups excluding carboxylic acids is 1. The molecule has 2 aromatic carbocycles. The van der Waals surface area contributed by atoms with Gasteiger partial charge >= 0.3 is 0 Å². The highest BCUT2D eigenvalue weighted by molar-refractivity contribution is 9.10. The number of hydrogen-bond donors (Lipinski definition) is 1. The minimum Gasteiger partial charge on any atom is -0.482 e. The van der Waals surface area contributed by atoms with E-state index in [2.05, 4.69) is 21.2 Å². The van der Waals surface area contributed by atoms with Crippen LogP contribution in [-0.2, 0) is 4.79 Å². The summed E-state index contributed by atoms with van der Waals surface area (Å²) in [5.41, 5.74) is 1.61. The molecule has 1 N–H and O–H groups in total. The second kappa shape index (κ2) is 5.66. The fourth-order valence-electron chi connectivity index (χ4n) is 2.14. The average molecular weight is 371 g/mol. The van der Waals surface area contributed by atoms with Crippen LogP contribution in [-0.4, -0.2) is 12.5 Å². The Morgan fingerprint density at radius 1 is 1.29 bits per heavy atom. The zero-order valence-corrected chi connectivity index (χ0v) is 13.0. The standard InChI is InChI=1S/C15H10BrClFNO2/c16-9-2-3-10(11(18)6-9)15(17)8-1-4-13-12(5-8)19-14(20)7-21-13/h1-6,15H,7H2,(H,19,20). The Hall–Kier alpha value is -1.59.